The number of ether oxygens (including phenoxy) is 2. The van der Waals surface area contributed by atoms with Crippen LogP contribution in [-0.2, 0) is 40.2 Å². The van der Waals surface area contributed by atoms with E-state index in [9.17, 15) is 19.2 Å². The van der Waals surface area contributed by atoms with Crippen molar-refractivity contribution in [3.63, 3.8) is 0 Å². The van der Waals surface area contributed by atoms with Gasteiger partial charge in [0.1, 0.15) is 0 Å². The van der Waals surface area contributed by atoms with Gasteiger partial charge >= 0.3 is 23.9 Å². The number of hydrogen-bond donors (Lipinski definition) is 0. The minimum atomic E-state index is -0.297. The predicted octanol–water partition coefficient (Wildman–Crippen LogP) is 3.60. The number of thioether (sulfide) groups is 2. The van der Waals surface area contributed by atoms with Gasteiger partial charge in [0.15, 0.2) is 0 Å². The first-order chi connectivity index (χ1) is 16.5. The quantitative estimate of drug-likeness (QED) is 0.434. The first-order valence-electron chi connectivity index (χ1n) is 12.3. The second-order valence-corrected chi connectivity index (χ2v) is 13.3. The molecule has 4 aliphatic carbocycles. The molecule has 6 fully saturated rings. The van der Waals surface area contributed by atoms with Crippen LogP contribution in [-0.4, -0.2) is 34.4 Å². The lowest BCUT2D eigenvalue weighted by Gasteiger charge is -2.27. The van der Waals surface area contributed by atoms with E-state index >= 15 is 0 Å². The van der Waals surface area contributed by atoms with Crippen molar-refractivity contribution in [3.8, 4) is 0 Å². The molecule has 0 radical (unpaired) electrons. The normalized spacial score (nSPS) is 43.4. The van der Waals surface area contributed by atoms with Crippen LogP contribution in [0.25, 0.3) is 0 Å². The fourth-order valence-corrected chi connectivity index (χ4v) is 11.0. The monoisotopic (exact) mass is 498 g/mol. The molecule has 2 saturated heterocycles. The summed E-state index contributed by atoms with van der Waals surface area (Å²) in [6.07, 6.45) is 3.97. The van der Waals surface area contributed by atoms with Crippen LogP contribution in [0.3, 0.4) is 0 Å². The second-order valence-electron chi connectivity index (χ2n) is 10.9. The van der Waals surface area contributed by atoms with Gasteiger partial charge in [-0.2, -0.15) is 23.5 Å². The Labute approximate surface area is 206 Å². The SMILES string of the molecule is O=C1OC(=O)C2C3CC(CC3SCc3cccc(CSC4CC5CC4C4C(=O)OC(=O)C54)c3)C12. The third kappa shape index (κ3) is 3.16. The van der Waals surface area contributed by atoms with Gasteiger partial charge in [0, 0.05) is 22.0 Å². The summed E-state index contributed by atoms with van der Waals surface area (Å²) in [6, 6.07) is 8.70. The lowest BCUT2D eigenvalue weighted by atomic mass is 9.81. The molecule has 178 valence electrons. The van der Waals surface area contributed by atoms with Crippen molar-refractivity contribution in [3.05, 3.63) is 35.4 Å². The zero-order valence-electron chi connectivity index (χ0n) is 18.6. The van der Waals surface area contributed by atoms with Crippen molar-refractivity contribution in [1.29, 1.82) is 0 Å². The molecule has 4 saturated carbocycles. The summed E-state index contributed by atoms with van der Waals surface area (Å²) < 4.78 is 9.85. The van der Waals surface area contributed by atoms with E-state index in [4.69, 9.17) is 9.47 Å². The van der Waals surface area contributed by atoms with Crippen LogP contribution in [0.15, 0.2) is 24.3 Å². The van der Waals surface area contributed by atoms with Gasteiger partial charge in [0.25, 0.3) is 0 Å². The van der Waals surface area contributed by atoms with E-state index in [0.29, 0.717) is 22.3 Å². The zero-order valence-corrected chi connectivity index (χ0v) is 20.2. The zero-order chi connectivity index (χ0) is 23.1. The van der Waals surface area contributed by atoms with Crippen molar-refractivity contribution in [2.45, 2.75) is 47.7 Å². The van der Waals surface area contributed by atoms with E-state index in [1.165, 1.54) is 11.1 Å². The number of rotatable bonds is 6. The van der Waals surface area contributed by atoms with E-state index in [-0.39, 0.29) is 59.4 Å². The van der Waals surface area contributed by atoms with Crippen LogP contribution < -0.4 is 0 Å². The van der Waals surface area contributed by atoms with Crippen molar-refractivity contribution < 1.29 is 28.7 Å². The van der Waals surface area contributed by atoms with Gasteiger partial charge in [-0.3, -0.25) is 19.2 Å². The number of cyclic esters (lactones) is 4. The highest BCUT2D eigenvalue weighted by Gasteiger charge is 2.64. The molecule has 2 heterocycles. The second kappa shape index (κ2) is 7.85. The molecule has 34 heavy (non-hydrogen) atoms. The molecule has 7 rings (SSSR count). The van der Waals surface area contributed by atoms with E-state index < -0.39 is 0 Å². The molecular weight excluding hydrogens is 472 g/mol. The Hall–Kier alpha value is -1.80. The maximum Gasteiger partial charge on any atom is 0.317 e. The molecule has 6 aliphatic rings. The van der Waals surface area contributed by atoms with Gasteiger partial charge in [0.05, 0.1) is 23.7 Å². The standard InChI is InChI=1S/C26H26O6S2/c27-23-19-13-5-15(21(19)25(29)31-23)17(7-13)33-9-11-2-1-3-12(4-11)10-34-18-8-14-6-16(18)22-20(14)24(28)32-26(22)30/h1-4,13-22H,5-10H2. The van der Waals surface area contributed by atoms with Crippen molar-refractivity contribution in [2.24, 2.45) is 47.3 Å². The predicted molar refractivity (Wildman–Crippen MR) is 125 cm³/mol. The van der Waals surface area contributed by atoms with Crippen molar-refractivity contribution >= 4 is 47.4 Å². The Bertz CT molecular complexity index is 1020. The Morgan fingerprint density at radius 1 is 0.647 bits per heavy atom. The summed E-state index contributed by atoms with van der Waals surface area (Å²) in [7, 11) is 0. The van der Waals surface area contributed by atoms with Crippen molar-refractivity contribution in [1.82, 2.24) is 0 Å². The van der Waals surface area contributed by atoms with Gasteiger partial charge in [-0.05, 0) is 60.5 Å². The molecule has 4 bridgehead atoms. The van der Waals surface area contributed by atoms with Crippen LogP contribution in [0, 0.1) is 47.3 Å². The number of esters is 4. The molecule has 2 aliphatic heterocycles. The highest BCUT2D eigenvalue weighted by Crippen LogP contribution is 2.60. The summed E-state index contributed by atoms with van der Waals surface area (Å²) in [6.45, 7) is 0. The molecule has 8 heteroatoms. The fourth-order valence-electron chi connectivity index (χ4n) is 7.99. The van der Waals surface area contributed by atoms with Crippen LogP contribution >= 0.6 is 23.5 Å². The van der Waals surface area contributed by atoms with Gasteiger partial charge in [0.2, 0.25) is 0 Å². The average Bonchev–Trinajstić information content (AvgIpc) is 3.63. The maximum atomic E-state index is 12.1. The van der Waals surface area contributed by atoms with Crippen LogP contribution in [0.2, 0.25) is 0 Å². The molecule has 10 unspecified atom stereocenters. The smallest absolute Gasteiger partial charge is 0.317 e. The van der Waals surface area contributed by atoms with E-state index in [2.05, 4.69) is 24.3 Å². The summed E-state index contributed by atoms with van der Waals surface area (Å²) in [5, 5.41) is 0.831. The largest absolute Gasteiger partial charge is 0.393 e. The van der Waals surface area contributed by atoms with E-state index in [1.807, 2.05) is 23.5 Å². The Morgan fingerprint density at radius 2 is 1.09 bits per heavy atom. The van der Waals surface area contributed by atoms with Crippen LogP contribution in [0.5, 0.6) is 0 Å². The van der Waals surface area contributed by atoms with Gasteiger partial charge in [-0.1, -0.05) is 24.3 Å². The number of fused-ring (bicyclic) bond motifs is 10. The minimum absolute atomic E-state index is 0.181. The van der Waals surface area contributed by atoms with Gasteiger partial charge < -0.3 is 9.47 Å². The lowest BCUT2D eigenvalue weighted by molar-refractivity contribution is -0.156. The first-order valence-corrected chi connectivity index (χ1v) is 14.4. The van der Waals surface area contributed by atoms with Gasteiger partial charge in [-0.25, -0.2) is 0 Å². The molecular formula is C26H26O6S2. The molecule has 1 aromatic carbocycles. The third-order valence-electron chi connectivity index (χ3n) is 9.30. The summed E-state index contributed by atoms with van der Waals surface area (Å²) >= 11 is 3.83. The van der Waals surface area contributed by atoms with Crippen LogP contribution in [0.4, 0.5) is 0 Å². The molecule has 6 nitrogen and oxygen atoms in total. The first kappa shape index (κ1) is 21.5. The van der Waals surface area contributed by atoms with Crippen LogP contribution in [0.1, 0.15) is 36.8 Å². The number of carbonyl (C=O) groups excluding carboxylic acids is 4. The molecule has 0 N–H and O–H groups in total. The average molecular weight is 499 g/mol. The maximum absolute atomic E-state index is 12.1. The molecule has 1 aromatic rings. The van der Waals surface area contributed by atoms with E-state index in [0.717, 1.165) is 37.2 Å². The number of carbonyl (C=O) groups is 4. The highest BCUT2D eigenvalue weighted by atomic mass is 32.2. The number of benzene rings is 1. The number of hydrogen-bond acceptors (Lipinski definition) is 8. The lowest BCUT2D eigenvalue weighted by Crippen LogP contribution is -2.31. The Balaban J connectivity index is 0.954. The summed E-state index contributed by atoms with van der Waals surface area (Å²) in [5.74, 6) is 1.01. The molecule has 0 spiro atoms. The molecule has 10 atom stereocenters. The third-order valence-corrected chi connectivity index (χ3v) is 12.2. The van der Waals surface area contributed by atoms with E-state index in [1.54, 1.807) is 0 Å². The summed E-state index contributed by atoms with van der Waals surface area (Å²) in [5.41, 5.74) is 2.57. The topological polar surface area (TPSA) is 86.7 Å². The Morgan fingerprint density at radius 3 is 1.56 bits per heavy atom. The summed E-state index contributed by atoms with van der Waals surface area (Å²) in [4.78, 5) is 48.2. The van der Waals surface area contributed by atoms with Crippen molar-refractivity contribution in [2.75, 3.05) is 0 Å². The Kier molecular flexibility index (Phi) is 4.96. The molecule has 0 aromatic heterocycles. The molecule has 0 amide bonds. The minimum Gasteiger partial charge on any atom is -0.393 e. The highest BCUT2D eigenvalue weighted by molar-refractivity contribution is 7.99. The fraction of sp³-hybridized carbons (Fsp3) is 0.615. The van der Waals surface area contributed by atoms with Gasteiger partial charge in [-0.15, -0.1) is 0 Å².